The lowest BCUT2D eigenvalue weighted by Gasteiger charge is -2.13. The molecular formula is C25H17ClN4O4S. The molecule has 0 N–H and O–H groups in total. The number of halogens is 1. The van der Waals surface area contributed by atoms with Gasteiger partial charge in [0.25, 0.3) is 5.56 Å². The summed E-state index contributed by atoms with van der Waals surface area (Å²) in [5, 5.41) is 5.76. The van der Waals surface area contributed by atoms with Crippen LogP contribution in [-0.2, 0) is 12.3 Å². The first-order valence-electron chi connectivity index (χ1n) is 10.7. The van der Waals surface area contributed by atoms with E-state index in [4.69, 9.17) is 30.6 Å². The molecule has 6 rings (SSSR count). The van der Waals surface area contributed by atoms with Crippen LogP contribution < -0.4 is 15.0 Å². The lowest BCUT2D eigenvalue weighted by Crippen LogP contribution is -2.24. The number of ether oxygens (including phenoxy) is 2. The first-order valence-corrected chi connectivity index (χ1v) is 12.1. The molecule has 3 heterocycles. The number of benzene rings is 3. The summed E-state index contributed by atoms with van der Waals surface area (Å²) in [5.41, 5.74) is 2.17. The third kappa shape index (κ3) is 4.36. The van der Waals surface area contributed by atoms with Crippen molar-refractivity contribution in [2.45, 2.75) is 17.5 Å². The summed E-state index contributed by atoms with van der Waals surface area (Å²) in [5.74, 6) is 2.57. The molecule has 0 saturated carbocycles. The van der Waals surface area contributed by atoms with Gasteiger partial charge in [0, 0.05) is 10.6 Å². The van der Waals surface area contributed by atoms with Crippen molar-refractivity contribution in [1.29, 1.82) is 0 Å². The lowest BCUT2D eigenvalue weighted by atomic mass is 10.2. The molecule has 0 saturated heterocycles. The molecule has 0 unspecified atom stereocenters. The van der Waals surface area contributed by atoms with Gasteiger partial charge in [-0.25, -0.2) is 4.98 Å². The predicted octanol–water partition coefficient (Wildman–Crippen LogP) is 5.17. The second-order valence-electron chi connectivity index (χ2n) is 7.80. The summed E-state index contributed by atoms with van der Waals surface area (Å²) < 4.78 is 18.0. The summed E-state index contributed by atoms with van der Waals surface area (Å²) in [7, 11) is 0. The van der Waals surface area contributed by atoms with Crippen LogP contribution >= 0.6 is 23.4 Å². The largest absolute Gasteiger partial charge is 0.454 e. The van der Waals surface area contributed by atoms with Crippen molar-refractivity contribution in [2.24, 2.45) is 0 Å². The van der Waals surface area contributed by atoms with Gasteiger partial charge in [0.15, 0.2) is 16.7 Å². The number of fused-ring (bicyclic) bond motifs is 2. The molecule has 0 atom stereocenters. The van der Waals surface area contributed by atoms with Gasteiger partial charge >= 0.3 is 0 Å². The molecular weight excluding hydrogens is 488 g/mol. The zero-order valence-corrected chi connectivity index (χ0v) is 19.8. The van der Waals surface area contributed by atoms with E-state index >= 15 is 0 Å². The molecule has 5 aromatic rings. The van der Waals surface area contributed by atoms with Crippen LogP contribution in [0, 0.1) is 0 Å². The standard InChI is InChI=1S/C25H17ClN4O4S/c26-17-5-3-4-16(11-17)23-28-22(34-29-23)13-35-25-27-19-7-2-1-6-18(19)24(31)30(25)12-15-8-9-20-21(10-15)33-14-32-20/h1-11H,12-14H2. The average molecular weight is 505 g/mol. The first kappa shape index (κ1) is 21.7. The van der Waals surface area contributed by atoms with E-state index in [0.29, 0.717) is 56.6 Å². The number of hydrogen-bond donors (Lipinski definition) is 0. The van der Waals surface area contributed by atoms with Gasteiger partial charge < -0.3 is 14.0 Å². The summed E-state index contributed by atoms with van der Waals surface area (Å²) in [4.78, 5) is 22.6. The maximum atomic E-state index is 13.4. The van der Waals surface area contributed by atoms with Crippen molar-refractivity contribution in [3.63, 3.8) is 0 Å². The normalized spacial score (nSPS) is 12.4. The van der Waals surface area contributed by atoms with E-state index in [0.717, 1.165) is 11.1 Å². The average Bonchev–Trinajstić information content (AvgIpc) is 3.54. The Morgan fingerprint density at radius 1 is 0.971 bits per heavy atom. The van der Waals surface area contributed by atoms with E-state index in [-0.39, 0.29) is 12.4 Å². The van der Waals surface area contributed by atoms with E-state index in [2.05, 4.69) is 10.1 Å². The minimum Gasteiger partial charge on any atom is -0.454 e. The fourth-order valence-corrected chi connectivity index (χ4v) is 4.83. The second kappa shape index (κ2) is 9.09. The monoisotopic (exact) mass is 504 g/mol. The van der Waals surface area contributed by atoms with Crippen molar-refractivity contribution >= 4 is 34.3 Å². The molecule has 3 aromatic carbocycles. The number of nitrogens with zero attached hydrogens (tertiary/aromatic N) is 4. The van der Waals surface area contributed by atoms with Crippen LogP contribution in [-0.4, -0.2) is 26.5 Å². The van der Waals surface area contributed by atoms with Crippen LogP contribution in [0.25, 0.3) is 22.3 Å². The zero-order chi connectivity index (χ0) is 23.8. The number of hydrogen-bond acceptors (Lipinski definition) is 8. The Balaban J connectivity index is 1.32. The van der Waals surface area contributed by atoms with E-state index in [1.165, 1.54) is 11.8 Å². The number of rotatable bonds is 6. The number of para-hydroxylation sites is 1. The molecule has 1 aliphatic rings. The Hall–Kier alpha value is -3.82. The van der Waals surface area contributed by atoms with Crippen LogP contribution in [0.1, 0.15) is 11.5 Å². The molecule has 0 aliphatic carbocycles. The Morgan fingerprint density at radius 3 is 2.77 bits per heavy atom. The molecule has 35 heavy (non-hydrogen) atoms. The third-order valence-electron chi connectivity index (χ3n) is 5.48. The van der Waals surface area contributed by atoms with E-state index in [1.807, 2.05) is 48.5 Å². The summed E-state index contributed by atoms with van der Waals surface area (Å²) in [6.07, 6.45) is 0. The summed E-state index contributed by atoms with van der Waals surface area (Å²) in [6.45, 7) is 0.520. The Labute approximate surface area is 208 Å². The smallest absolute Gasteiger partial charge is 0.262 e. The molecule has 8 nitrogen and oxygen atoms in total. The topological polar surface area (TPSA) is 92.3 Å². The summed E-state index contributed by atoms with van der Waals surface area (Å²) >= 11 is 7.43. The molecule has 0 spiro atoms. The van der Waals surface area contributed by atoms with E-state index in [9.17, 15) is 4.79 Å². The highest BCUT2D eigenvalue weighted by Gasteiger charge is 2.17. The van der Waals surface area contributed by atoms with Crippen LogP contribution in [0.3, 0.4) is 0 Å². The predicted molar refractivity (Wildman–Crippen MR) is 132 cm³/mol. The van der Waals surface area contributed by atoms with Gasteiger partial charge in [0.2, 0.25) is 18.5 Å². The van der Waals surface area contributed by atoms with Crippen molar-refractivity contribution in [2.75, 3.05) is 6.79 Å². The van der Waals surface area contributed by atoms with Crippen molar-refractivity contribution < 1.29 is 14.0 Å². The zero-order valence-electron chi connectivity index (χ0n) is 18.2. The molecule has 0 bridgehead atoms. The van der Waals surface area contributed by atoms with E-state index < -0.39 is 0 Å². The van der Waals surface area contributed by atoms with Crippen molar-refractivity contribution in [3.8, 4) is 22.9 Å². The highest BCUT2D eigenvalue weighted by molar-refractivity contribution is 7.98. The first-order chi connectivity index (χ1) is 17.1. The van der Waals surface area contributed by atoms with Crippen LogP contribution in [0.15, 0.2) is 81.2 Å². The molecule has 174 valence electrons. The quantitative estimate of drug-likeness (QED) is 0.231. The molecule has 1 aliphatic heterocycles. The van der Waals surface area contributed by atoms with Gasteiger partial charge in [-0.05, 0) is 42.0 Å². The fraction of sp³-hybridized carbons (Fsp3) is 0.120. The number of aromatic nitrogens is 4. The molecule has 2 aromatic heterocycles. The third-order valence-corrected chi connectivity index (χ3v) is 6.68. The lowest BCUT2D eigenvalue weighted by molar-refractivity contribution is 0.174. The van der Waals surface area contributed by atoms with Crippen molar-refractivity contribution in [1.82, 2.24) is 19.7 Å². The van der Waals surface area contributed by atoms with Gasteiger partial charge in [0.05, 0.1) is 23.2 Å². The molecule has 0 radical (unpaired) electrons. The Bertz CT molecular complexity index is 1620. The second-order valence-corrected chi connectivity index (χ2v) is 9.18. The van der Waals surface area contributed by atoms with Crippen LogP contribution in [0.2, 0.25) is 5.02 Å². The minimum atomic E-state index is -0.124. The Kier molecular flexibility index (Phi) is 5.63. The van der Waals surface area contributed by atoms with Gasteiger partial charge in [0.1, 0.15) is 0 Å². The fourth-order valence-electron chi connectivity index (χ4n) is 3.80. The van der Waals surface area contributed by atoms with Gasteiger partial charge in [-0.3, -0.25) is 9.36 Å². The maximum absolute atomic E-state index is 13.4. The van der Waals surface area contributed by atoms with Gasteiger partial charge in [-0.15, -0.1) is 0 Å². The molecule has 0 amide bonds. The van der Waals surface area contributed by atoms with Crippen LogP contribution in [0.4, 0.5) is 0 Å². The van der Waals surface area contributed by atoms with Crippen molar-refractivity contribution in [3.05, 3.63) is 93.6 Å². The highest BCUT2D eigenvalue weighted by atomic mass is 35.5. The van der Waals surface area contributed by atoms with Gasteiger partial charge in [-0.2, -0.15) is 4.98 Å². The minimum absolute atomic E-state index is 0.124. The number of thioether (sulfide) groups is 1. The Morgan fingerprint density at radius 2 is 1.86 bits per heavy atom. The van der Waals surface area contributed by atoms with Gasteiger partial charge in [-0.1, -0.05) is 58.9 Å². The SMILES string of the molecule is O=c1c2ccccc2nc(SCc2nc(-c3cccc(Cl)c3)no2)n1Cc1ccc2c(c1)OCO2. The molecule has 0 fully saturated rings. The molecule has 10 heteroatoms. The van der Waals surface area contributed by atoms with Crippen LogP contribution in [0.5, 0.6) is 11.5 Å². The highest BCUT2D eigenvalue weighted by Crippen LogP contribution is 2.33. The summed E-state index contributed by atoms with van der Waals surface area (Å²) in [6, 6.07) is 20.2. The van der Waals surface area contributed by atoms with E-state index in [1.54, 1.807) is 22.8 Å². The maximum Gasteiger partial charge on any atom is 0.262 e.